The van der Waals surface area contributed by atoms with Crippen molar-refractivity contribution >= 4 is 15.9 Å². The molecule has 3 nitrogen and oxygen atoms in total. The molecule has 1 aromatic heterocycles. The summed E-state index contributed by atoms with van der Waals surface area (Å²) in [6, 6.07) is 0.104. The highest BCUT2D eigenvalue weighted by molar-refractivity contribution is 9.10. The van der Waals surface area contributed by atoms with Crippen LogP contribution in [0.2, 0.25) is 0 Å². The monoisotopic (exact) mass is 303 g/mol. The van der Waals surface area contributed by atoms with E-state index in [-0.39, 0.29) is 12.1 Å². The normalized spacial score (nSPS) is 23.0. The molecule has 96 valence electrons. The molecular formula is C12H19BrFN3. The van der Waals surface area contributed by atoms with Crippen molar-refractivity contribution in [2.75, 3.05) is 6.54 Å². The van der Waals surface area contributed by atoms with Crippen molar-refractivity contribution in [1.29, 1.82) is 0 Å². The molecular weight excluding hydrogens is 285 g/mol. The van der Waals surface area contributed by atoms with Crippen LogP contribution in [0.4, 0.5) is 4.39 Å². The lowest BCUT2D eigenvalue weighted by atomic mass is 9.99. The maximum atomic E-state index is 14.6. The number of piperidine rings is 1. The molecule has 17 heavy (non-hydrogen) atoms. The fourth-order valence-corrected chi connectivity index (χ4v) is 2.83. The minimum atomic E-state index is -0.991. The summed E-state index contributed by atoms with van der Waals surface area (Å²) in [6.07, 6.45) is 3.84. The van der Waals surface area contributed by atoms with Crippen molar-refractivity contribution in [3.05, 3.63) is 16.4 Å². The average molecular weight is 304 g/mol. The molecule has 2 atom stereocenters. The quantitative estimate of drug-likeness (QED) is 0.928. The molecule has 1 aromatic rings. The van der Waals surface area contributed by atoms with Gasteiger partial charge in [0.1, 0.15) is 0 Å². The van der Waals surface area contributed by atoms with Crippen LogP contribution in [0.5, 0.6) is 0 Å². The molecule has 1 aliphatic rings. The Hall–Kier alpha value is -0.420. The minimum absolute atomic E-state index is 0.0748. The van der Waals surface area contributed by atoms with E-state index in [2.05, 4.69) is 26.3 Å². The number of rotatable bonds is 3. The highest BCUT2D eigenvalue weighted by Gasteiger charge is 2.29. The van der Waals surface area contributed by atoms with E-state index in [4.69, 9.17) is 0 Å². The lowest BCUT2D eigenvalue weighted by Gasteiger charge is -2.27. The molecule has 0 spiro atoms. The Morgan fingerprint density at radius 3 is 2.88 bits per heavy atom. The van der Waals surface area contributed by atoms with Crippen LogP contribution in [0, 0.1) is 0 Å². The Morgan fingerprint density at radius 1 is 1.53 bits per heavy atom. The lowest BCUT2D eigenvalue weighted by molar-refractivity contribution is 0.206. The van der Waals surface area contributed by atoms with Gasteiger partial charge in [-0.05, 0) is 49.2 Å². The first-order chi connectivity index (χ1) is 8.11. The van der Waals surface area contributed by atoms with E-state index in [1.165, 1.54) is 0 Å². The van der Waals surface area contributed by atoms with Gasteiger partial charge in [0.25, 0.3) is 0 Å². The van der Waals surface area contributed by atoms with Gasteiger partial charge in [-0.15, -0.1) is 0 Å². The van der Waals surface area contributed by atoms with E-state index in [1.54, 1.807) is 10.9 Å². The van der Waals surface area contributed by atoms with Crippen molar-refractivity contribution in [3.8, 4) is 0 Å². The zero-order valence-electron chi connectivity index (χ0n) is 10.3. The van der Waals surface area contributed by atoms with E-state index in [9.17, 15) is 4.39 Å². The van der Waals surface area contributed by atoms with Crippen molar-refractivity contribution in [2.24, 2.45) is 0 Å². The van der Waals surface area contributed by atoms with Gasteiger partial charge in [0.15, 0.2) is 6.17 Å². The third kappa shape index (κ3) is 2.71. The number of halogens is 2. The molecule has 1 aliphatic heterocycles. The van der Waals surface area contributed by atoms with Gasteiger partial charge in [-0.25, -0.2) is 4.39 Å². The van der Waals surface area contributed by atoms with Gasteiger partial charge in [-0.2, -0.15) is 5.10 Å². The smallest absolute Gasteiger partial charge is 0.158 e. The molecule has 0 bridgehead atoms. The van der Waals surface area contributed by atoms with Gasteiger partial charge >= 0.3 is 0 Å². The number of nitrogens with zero attached hydrogens (tertiary/aromatic N) is 2. The van der Waals surface area contributed by atoms with E-state index >= 15 is 0 Å². The summed E-state index contributed by atoms with van der Waals surface area (Å²) in [6.45, 7) is 4.95. The van der Waals surface area contributed by atoms with Crippen molar-refractivity contribution in [3.63, 3.8) is 0 Å². The standard InChI is InChI=1S/C12H19BrFN3/c1-8(2)17-12(9(13)7-16-17)11(14)10-5-3-4-6-15-10/h7-8,10-11,15H,3-6H2,1-2H3. The summed E-state index contributed by atoms with van der Waals surface area (Å²) in [4.78, 5) is 0. The Kier molecular flexibility index (Phi) is 4.20. The fraction of sp³-hybridized carbons (Fsp3) is 0.750. The predicted octanol–water partition coefficient (Wildman–Crippen LogP) is 3.38. The van der Waals surface area contributed by atoms with Crippen LogP contribution < -0.4 is 5.32 Å². The van der Waals surface area contributed by atoms with E-state index in [0.717, 1.165) is 30.3 Å². The second kappa shape index (κ2) is 5.48. The molecule has 1 N–H and O–H groups in total. The number of alkyl halides is 1. The molecule has 2 heterocycles. The highest BCUT2D eigenvalue weighted by atomic mass is 79.9. The Morgan fingerprint density at radius 2 is 2.29 bits per heavy atom. The van der Waals surface area contributed by atoms with E-state index < -0.39 is 6.17 Å². The second-order valence-electron chi connectivity index (χ2n) is 4.87. The number of hydrogen-bond acceptors (Lipinski definition) is 2. The van der Waals surface area contributed by atoms with Crippen LogP contribution in [-0.2, 0) is 0 Å². The number of aromatic nitrogens is 2. The fourth-order valence-electron chi connectivity index (χ4n) is 2.34. The SMILES string of the molecule is CC(C)n1ncc(Br)c1C(F)C1CCCCN1. The van der Waals surface area contributed by atoms with Gasteiger partial charge in [-0.1, -0.05) is 6.42 Å². The zero-order valence-corrected chi connectivity index (χ0v) is 11.9. The van der Waals surface area contributed by atoms with Crippen LogP contribution in [0.15, 0.2) is 10.7 Å². The molecule has 1 saturated heterocycles. The van der Waals surface area contributed by atoms with Crippen LogP contribution in [0.3, 0.4) is 0 Å². The minimum Gasteiger partial charge on any atom is -0.311 e. The number of nitrogens with one attached hydrogen (secondary N) is 1. The summed E-state index contributed by atoms with van der Waals surface area (Å²) in [5.74, 6) is 0. The van der Waals surface area contributed by atoms with E-state index in [1.807, 2.05) is 13.8 Å². The van der Waals surface area contributed by atoms with Crippen molar-refractivity contribution in [2.45, 2.75) is 51.4 Å². The van der Waals surface area contributed by atoms with E-state index in [0.29, 0.717) is 5.69 Å². The molecule has 2 rings (SSSR count). The largest absolute Gasteiger partial charge is 0.311 e. The van der Waals surface area contributed by atoms with Gasteiger partial charge < -0.3 is 5.32 Å². The average Bonchev–Trinajstić information content (AvgIpc) is 2.71. The maximum Gasteiger partial charge on any atom is 0.158 e. The maximum absolute atomic E-state index is 14.6. The van der Waals surface area contributed by atoms with Crippen molar-refractivity contribution in [1.82, 2.24) is 15.1 Å². The molecule has 0 radical (unpaired) electrons. The summed E-state index contributed by atoms with van der Waals surface area (Å²) >= 11 is 3.40. The Labute approximate surface area is 110 Å². The van der Waals surface area contributed by atoms with Crippen LogP contribution in [-0.4, -0.2) is 22.4 Å². The molecule has 1 fully saturated rings. The third-order valence-electron chi connectivity index (χ3n) is 3.24. The summed E-state index contributed by atoms with van der Waals surface area (Å²) < 4.78 is 17.1. The van der Waals surface area contributed by atoms with Crippen LogP contribution in [0.25, 0.3) is 0 Å². The van der Waals surface area contributed by atoms with Crippen molar-refractivity contribution < 1.29 is 4.39 Å². The first kappa shape index (κ1) is 13.0. The van der Waals surface area contributed by atoms with Gasteiger partial charge in [0, 0.05) is 12.1 Å². The molecule has 0 aliphatic carbocycles. The summed E-state index contributed by atoms with van der Waals surface area (Å²) in [7, 11) is 0. The second-order valence-corrected chi connectivity index (χ2v) is 5.73. The summed E-state index contributed by atoms with van der Waals surface area (Å²) in [5, 5.41) is 7.50. The molecule has 2 unspecified atom stereocenters. The summed E-state index contributed by atoms with van der Waals surface area (Å²) in [5.41, 5.74) is 0.666. The first-order valence-electron chi connectivity index (χ1n) is 6.21. The molecule has 0 amide bonds. The predicted molar refractivity (Wildman–Crippen MR) is 69.8 cm³/mol. The Balaban J connectivity index is 2.22. The van der Waals surface area contributed by atoms with Gasteiger partial charge in [0.2, 0.25) is 0 Å². The van der Waals surface area contributed by atoms with Gasteiger partial charge in [-0.3, -0.25) is 4.68 Å². The topological polar surface area (TPSA) is 29.9 Å². The molecule has 0 aromatic carbocycles. The number of hydrogen-bond donors (Lipinski definition) is 1. The third-order valence-corrected chi connectivity index (χ3v) is 3.85. The van der Waals surface area contributed by atoms with Gasteiger partial charge in [0.05, 0.1) is 16.4 Å². The molecule has 0 saturated carbocycles. The zero-order chi connectivity index (χ0) is 12.4. The van der Waals surface area contributed by atoms with Crippen LogP contribution >= 0.6 is 15.9 Å². The first-order valence-corrected chi connectivity index (χ1v) is 7.01. The highest BCUT2D eigenvalue weighted by Crippen LogP contribution is 2.33. The Bertz CT molecular complexity index is 372. The molecule has 5 heteroatoms. The van der Waals surface area contributed by atoms with Crippen LogP contribution in [0.1, 0.15) is 51.0 Å². The lowest BCUT2D eigenvalue weighted by Crippen LogP contribution is -2.38.